The maximum atomic E-state index is 11.5. The Labute approximate surface area is 125 Å². The van der Waals surface area contributed by atoms with Gasteiger partial charge in [0, 0.05) is 14.1 Å². The highest BCUT2D eigenvalue weighted by molar-refractivity contribution is 8.22. The minimum absolute atomic E-state index is 0.448. The number of hydrogen-bond donors (Lipinski definition) is 2. The molecular formula is C8H14N4O2S4. The van der Waals surface area contributed by atoms with E-state index in [0.29, 0.717) is 8.64 Å². The molecule has 0 aromatic heterocycles. The van der Waals surface area contributed by atoms with E-state index in [1.807, 2.05) is 0 Å². The smallest absolute Gasteiger partial charge is 0.272 e. The normalized spacial score (nSPS) is 9.33. The predicted octanol–water partition coefficient (Wildman–Crippen LogP) is 0.208. The fourth-order valence-corrected chi connectivity index (χ4v) is 1.50. The number of rotatable bonds is 0. The van der Waals surface area contributed by atoms with Crippen LogP contribution in [0.15, 0.2) is 0 Å². The van der Waals surface area contributed by atoms with Gasteiger partial charge in [-0.1, -0.05) is 48.0 Å². The summed E-state index contributed by atoms with van der Waals surface area (Å²) < 4.78 is 0.897. The molecular weight excluding hydrogens is 312 g/mol. The van der Waals surface area contributed by atoms with E-state index in [0.717, 1.165) is 0 Å². The van der Waals surface area contributed by atoms with Crippen molar-refractivity contribution < 1.29 is 9.59 Å². The third kappa shape index (κ3) is 5.85. The molecule has 18 heavy (non-hydrogen) atoms. The second kappa shape index (κ2) is 8.51. The third-order valence-corrected chi connectivity index (χ3v) is 4.44. The van der Waals surface area contributed by atoms with E-state index in [1.165, 1.54) is 33.5 Å². The Bertz CT molecular complexity index is 329. The molecule has 0 fully saturated rings. The molecule has 6 nitrogen and oxygen atoms in total. The Morgan fingerprint density at radius 3 is 1.39 bits per heavy atom. The first-order valence-electron chi connectivity index (χ1n) is 4.58. The number of amides is 2. The molecule has 2 N–H and O–H groups in total. The lowest BCUT2D eigenvalue weighted by molar-refractivity contribution is -0.142. The third-order valence-electron chi connectivity index (χ3n) is 1.64. The fourth-order valence-electron chi connectivity index (χ4n) is 0.771. The predicted molar refractivity (Wildman–Crippen MR) is 84.0 cm³/mol. The maximum absolute atomic E-state index is 11.5. The maximum Gasteiger partial charge on any atom is 0.329 e. The zero-order chi connectivity index (χ0) is 14.3. The fraction of sp³-hybridized carbons (Fsp3) is 0.500. The Balaban J connectivity index is 4.32. The molecule has 0 aromatic carbocycles. The highest BCUT2D eigenvalue weighted by atomic mass is 32.2. The number of nitrogens with zero attached hydrogens (tertiary/aromatic N) is 2. The van der Waals surface area contributed by atoms with E-state index in [2.05, 4.69) is 10.9 Å². The minimum atomic E-state index is -0.815. The molecule has 0 aliphatic rings. The first kappa shape index (κ1) is 17.4. The van der Waals surface area contributed by atoms with Crippen molar-refractivity contribution >= 4 is 68.4 Å². The molecule has 10 heteroatoms. The molecule has 0 aromatic rings. The number of hydrazine groups is 2. The van der Waals surface area contributed by atoms with Gasteiger partial charge in [-0.05, 0) is 12.5 Å². The van der Waals surface area contributed by atoms with Crippen LogP contribution in [0.25, 0.3) is 0 Å². The molecule has 0 aliphatic heterocycles. The minimum Gasteiger partial charge on any atom is -0.272 e. The van der Waals surface area contributed by atoms with Crippen LogP contribution in [0, 0.1) is 0 Å². The Kier molecular flexibility index (Phi) is 8.24. The van der Waals surface area contributed by atoms with Crippen molar-refractivity contribution in [1.82, 2.24) is 20.9 Å². The molecule has 0 aliphatic carbocycles. The molecule has 0 saturated carbocycles. The monoisotopic (exact) mass is 326 g/mol. The van der Waals surface area contributed by atoms with Crippen LogP contribution < -0.4 is 10.9 Å². The summed E-state index contributed by atoms with van der Waals surface area (Å²) in [4.78, 5) is 23.0. The van der Waals surface area contributed by atoms with E-state index in [4.69, 9.17) is 24.4 Å². The molecule has 0 spiro atoms. The summed E-state index contributed by atoms with van der Waals surface area (Å²) in [6.45, 7) is 0. The van der Waals surface area contributed by atoms with Gasteiger partial charge in [0.05, 0.1) is 0 Å². The largest absolute Gasteiger partial charge is 0.329 e. The SMILES string of the molecule is CSC(=S)N(C)NC(=O)C(=O)NN(C)C(=S)SC. The van der Waals surface area contributed by atoms with Crippen molar-refractivity contribution in [1.29, 1.82) is 0 Å². The number of thioether (sulfide) groups is 2. The van der Waals surface area contributed by atoms with E-state index in [9.17, 15) is 9.59 Å². The molecule has 0 radical (unpaired) electrons. The molecule has 0 unspecified atom stereocenters. The number of carbonyl (C=O) groups is 2. The van der Waals surface area contributed by atoms with Gasteiger partial charge in [-0.25, -0.2) is 0 Å². The van der Waals surface area contributed by atoms with E-state index >= 15 is 0 Å². The van der Waals surface area contributed by atoms with Crippen LogP contribution in [-0.2, 0) is 9.59 Å². The number of hydrogen-bond acceptors (Lipinski definition) is 6. The zero-order valence-electron chi connectivity index (χ0n) is 10.3. The molecule has 2 amide bonds. The van der Waals surface area contributed by atoms with Gasteiger partial charge in [0.25, 0.3) is 0 Å². The standard InChI is InChI=1S/C8H14N4O2S4/c1-11(7(15)17-3)9-5(13)6(14)10-12(2)8(16)18-4/h1-4H3,(H,9,13)(H,10,14). The lowest BCUT2D eigenvalue weighted by atomic mass is 10.6. The number of thiocarbonyl (C=S) groups is 2. The highest BCUT2D eigenvalue weighted by Gasteiger charge is 2.18. The second-order valence-electron chi connectivity index (χ2n) is 2.94. The quantitative estimate of drug-likeness (QED) is 0.372. The molecule has 102 valence electrons. The summed E-state index contributed by atoms with van der Waals surface area (Å²) in [5, 5.41) is 2.60. The summed E-state index contributed by atoms with van der Waals surface area (Å²) in [6, 6.07) is 0. The number of nitrogens with one attached hydrogen (secondary N) is 2. The van der Waals surface area contributed by atoms with Crippen LogP contribution >= 0.6 is 48.0 Å². The lowest BCUT2D eigenvalue weighted by Crippen LogP contribution is -2.52. The second-order valence-corrected chi connectivity index (χ2v) is 5.82. The van der Waals surface area contributed by atoms with Crippen LogP contribution in [0.5, 0.6) is 0 Å². The molecule has 0 rings (SSSR count). The van der Waals surface area contributed by atoms with Crippen molar-refractivity contribution in [3.05, 3.63) is 0 Å². The number of carbonyl (C=O) groups excluding carboxylic acids is 2. The topological polar surface area (TPSA) is 64.7 Å². The van der Waals surface area contributed by atoms with Crippen molar-refractivity contribution in [3.8, 4) is 0 Å². The van der Waals surface area contributed by atoms with E-state index in [-0.39, 0.29) is 0 Å². The summed E-state index contributed by atoms with van der Waals surface area (Å²) >= 11 is 12.4. The van der Waals surface area contributed by atoms with Gasteiger partial charge in [-0.3, -0.25) is 30.5 Å². The van der Waals surface area contributed by atoms with Crippen LogP contribution in [0.3, 0.4) is 0 Å². The van der Waals surface area contributed by atoms with Crippen molar-refractivity contribution in [2.24, 2.45) is 0 Å². The summed E-state index contributed by atoms with van der Waals surface area (Å²) in [5.74, 6) is -1.63. The summed E-state index contributed by atoms with van der Waals surface area (Å²) in [7, 11) is 3.11. The van der Waals surface area contributed by atoms with Crippen molar-refractivity contribution in [2.75, 3.05) is 26.6 Å². The Morgan fingerprint density at radius 1 is 0.889 bits per heavy atom. The van der Waals surface area contributed by atoms with Gasteiger partial charge in [-0.15, -0.1) is 0 Å². The van der Waals surface area contributed by atoms with Crippen molar-refractivity contribution in [2.45, 2.75) is 0 Å². The molecule has 0 heterocycles. The molecule has 0 bridgehead atoms. The summed E-state index contributed by atoms with van der Waals surface area (Å²) in [6.07, 6.45) is 3.55. The van der Waals surface area contributed by atoms with Gasteiger partial charge < -0.3 is 0 Å². The summed E-state index contributed by atoms with van der Waals surface area (Å²) in [5.41, 5.74) is 4.67. The van der Waals surface area contributed by atoms with Gasteiger partial charge in [0.15, 0.2) is 8.64 Å². The van der Waals surface area contributed by atoms with Gasteiger partial charge in [0.1, 0.15) is 0 Å². The first-order valence-corrected chi connectivity index (χ1v) is 7.85. The Hall–Kier alpha value is -0.580. The van der Waals surface area contributed by atoms with E-state index in [1.54, 1.807) is 26.6 Å². The Morgan fingerprint density at radius 2 is 1.17 bits per heavy atom. The average Bonchev–Trinajstić information content (AvgIpc) is 2.35. The lowest BCUT2D eigenvalue weighted by Gasteiger charge is -2.21. The first-order chi connectivity index (χ1) is 8.33. The van der Waals surface area contributed by atoms with Crippen LogP contribution in [0.2, 0.25) is 0 Å². The van der Waals surface area contributed by atoms with Crippen LogP contribution in [0.1, 0.15) is 0 Å². The average molecular weight is 326 g/mol. The van der Waals surface area contributed by atoms with Crippen LogP contribution in [-0.4, -0.2) is 57.1 Å². The zero-order valence-corrected chi connectivity index (χ0v) is 13.6. The highest BCUT2D eigenvalue weighted by Crippen LogP contribution is 2.01. The van der Waals surface area contributed by atoms with E-state index < -0.39 is 11.8 Å². The van der Waals surface area contributed by atoms with Gasteiger partial charge >= 0.3 is 11.8 Å². The molecule has 0 saturated heterocycles. The van der Waals surface area contributed by atoms with Gasteiger partial charge in [0.2, 0.25) is 0 Å². The van der Waals surface area contributed by atoms with Crippen molar-refractivity contribution in [3.63, 3.8) is 0 Å². The van der Waals surface area contributed by atoms with Crippen LogP contribution in [0.4, 0.5) is 0 Å². The molecule has 0 atom stereocenters. The van der Waals surface area contributed by atoms with Gasteiger partial charge in [-0.2, -0.15) is 0 Å².